The Morgan fingerprint density at radius 2 is 0.311 bits per heavy atom. The Bertz CT molecular complexity index is 717. The Morgan fingerprint density at radius 1 is 0.213 bits per heavy atom. The molecule has 0 bridgehead atoms. The summed E-state index contributed by atoms with van der Waals surface area (Å²) in [6.07, 6.45) is 60.6. The van der Waals surface area contributed by atoms with Crippen LogP contribution in [0, 0.1) is 0 Å². The number of carbonyl (C=O) groups is 3. The zero-order valence-corrected chi connectivity index (χ0v) is 42.6. The molecule has 7 heteroatoms. The van der Waals surface area contributed by atoms with Crippen molar-refractivity contribution in [3.05, 3.63) is 0 Å². The van der Waals surface area contributed by atoms with Gasteiger partial charge in [0.05, 0.1) is 0 Å². The van der Waals surface area contributed by atoms with Gasteiger partial charge in [0, 0.05) is 36.3 Å². The summed E-state index contributed by atoms with van der Waals surface area (Å²) in [6, 6.07) is 0. The minimum Gasteiger partial charge on any atom is -0.481 e. The monoisotopic (exact) mass is 908 g/mol. The molecule has 0 rings (SSSR count). The number of hydrogen-bond acceptors (Lipinski definition) is 3. The number of carboxylic acids is 3. The Balaban J connectivity index is -0.000000396. The normalized spacial score (nSPS) is 10.7. The third-order valence-corrected chi connectivity index (χ3v) is 12.0. The van der Waals surface area contributed by atoms with Crippen molar-refractivity contribution in [3.8, 4) is 0 Å². The van der Waals surface area contributed by atoms with Crippen LogP contribution in [-0.2, 0) is 31.5 Å². The number of unbranched alkanes of at least 4 members (excludes halogenated alkanes) is 42. The zero-order chi connectivity index (χ0) is 44.7. The average Bonchev–Trinajstić information content (AvgIpc) is 3.22. The molecule has 0 aromatic carbocycles. The van der Waals surface area contributed by atoms with Gasteiger partial charge in [-0.25, -0.2) is 0 Å². The molecule has 0 fully saturated rings. The molecule has 0 spiro atoms. The first-order valence-corrected chi connectivity index (χ1v) is 27.0. The first kappa shape index (κ1) is 66.5. The van der Waals surface area contributed by atoms with Gasteiger partial charge in [-0.2, -0.15) is 0 Å². The van der Waals surface area contributed by atoms with Crippen LogP contribution >= 0.6 is 0 Å². The van der Waals surface area contributed by atoms with Gasteiger partial charge in [0.25, 0.3) is 0 Å². The van der Waals surface area contributed by atoms with E-state index < -0.39 is 17.9 Å². The second kappa shape index (κ2) is 63.2. The molecule has 367 valence electrons. The van der Waals surface area contributed by atoms with Crippen molar-refractivity contribution in [2.24, 2.45) is 0 Å². The van der Waals surface area contributed by atoms with Crippen molar-refractivity contribution in [3.63, 3.8) is 0 Å². The van der Waals surface area contributed by atoms with Crippen molar-refractivity contribution >= 4 is 17.9 Å². The summed E-state index contributed by atoms with van der Waals surface area (Å²) in [4.78, 5) is 31.0. The predicted molar refractivity (Wildman–Crippen MR) is 262 cm³/mol. The number of rotatable bonds is 48. The SMILES string of the molecule is CCCCCCCCCCCCCCCCCC(=O)O.CCCCCCCCCCCCCCCCCC(=O)O.CCCCCCCCCCCCCCCCCC(=O)O.[Mn]. The van der Waals surface area contributed by atoms with E-state index in [1.165, 1.54) is 250 Å². The molecular formula is C54H108MnO6. The van der Waals surface area contributed by atoms with E-state index in [1.54, 1.807) is 0 Å². The minimum absolute atomic E-state index is 0. The van der Waals surface area contributed by atoms with E-state index in [9.17, 15) is 14.4 Å². The summed E-state index contributed by atoms with van der Waals surface area (Å²) in [5, 5.41) is 25.6. The summed E-state index contributed by atoms with van der Waals surface area (Å²) < 4.78 is 0. The van der Waals surface area contributed by atoms with Crippen LogP contribution in [-0.4, -0.2) is 33.2 Å². The summed E-state index contributed by atoms with van der Waals surface area (Å²) >= 11 is 0. The fraction of sp³-hybridized carbons (Fsp3) is 0.944. The molecule has 0 saturated carbocycles. The summed E-state index contributed by atoms with van der Waals surface area (Å²) in [7, 11) is 0. The van der Waals surface area contributed by atoms with E-state index in [1.807, 2.05) is 0 Å². The van der Waals surface area contributed by atoms with Crippen LogP contribution in [0.1, 0.15) is 329 Å². The van der Waals surface area contributed by atoms with E-state index in [0.717, 1.165) is 38.5 Å². The number of carboxylic acid groups (broad SMARTS) is 3. The molecule has 0 aromatic rings. The first-order valence-electron chi connectivity index (χ1n) is 27.0. The molecule has 0 aliphatic carbocycles. The van der Waals surface area contributed by atoms with Crippen LogP contribution < -0.4 is 0 Å². The molecule has 0 saturated heterocycles. The van der Waals surface area contributed by atoms with Crippen molar-refractivity contribution in [1.29, 1.82) is 0 Å². The Hall–Kier alpha value is -1.07. The van der Waals surface area contributed by atoms with Gasteiger partial charge in [-0.1, -0.05) is 290 Å². The Labute approximate surface area is 392 Å². The number of aliphatic carboxylic acids is 3. The second-order valence-electron chi connectivity index (χ2n) is 18.3. The molecule has 0 unspecified atom stereocenters. The third kappa shape index (κ3) is 76.6. The van der Waals surface area contributed by atoms with Crippen LogP contribution in [0.4, 0.5) is 0 Å². The van der Waals surface area contributed by atoms with Crippen molar-refractivity contribution in [1.82, 2.24) is 0 Å². The van der Waals surface area contributed by atoms with Gasteiger partial charge < -0.3 is 15.3 Å². The minimum atomic E-state index is -0.653. The molecular weight excluding hydrogens is 800 g/mol. The van der Waals surface area contributed by atoms with E-state index in [-0.39, 0.29) is 17.1 Å². The van der Waals surface area contributed by atoms with Crippen molar-refractivity contribution < 1.29 is 46.8 Å². The van der Waals surface area contributed by atoms with E-state index in [2.05, 4.69) is 20.8 Å². The molecule has 3 N–H and O–H groups in total. The predicted octanol–water partition coefficient (Wildman–Crippen LogP) is 19.0. The maximum absolute atomic E-state index is 10.3. The third-order valence-electron chi connectivity index (χ3n) is 12.0. The van der Waals surface area contributed by atoms with Crippen LogP contribution in [0.2, 0.25) is 0 Å². The molecule has 0 aliphatic rings. The summed E-state index contributed by atoms with van der Waals surface area (Å²) in [5.41, 5.74) is 0. The van der Waals surface area contributed by atoms with E-state index >= 15 is 0 Å². The molecule has 61 heavy (non-hydrogen) atoms. The van der Waals surface area contributed by atoms with Crippen LogP contribution in [0.3, 0.4) is 0 Å². The van der Waals surface area contributed by atoms with Crippen LogP contribution in [0.25, 0.3) is 0 Å². The van der Waals surface area contributed by atoms with Gasteiger partial charge in [-0.3, -0.25) is 14.4 Å². The van der Waals surface area contributed by atoms with Crippen molar-refractivity contribution in [2.45, 2.75) is 329 Å². The second-order valence-corrected chi connectivity index (χ2v) is 18.3. The van der Waals surface area contributed by atoms with E-state index in [4.69, 9.17) is 15.3 Å². The summed E-state index contributed by atoms with van der Waals surface area (Å²) in [6.45, 7) is 6.81. The van der Waals surface area contributed by atoms with Crippen molar-refractivity contribution in [2.75, 3.05) is 0 Å². The topological polar surface area (TPSA) is 112 Å². The quantitative estimate of drug-likeness (QED) is 0.0414. The Kier molecular flexibility index (Phi) is 69.0. The number of hydrogen-bond donors (Lipinski definition) is 3. The largest absolute Gasteiger partial charge is 0.481 e. The maximum Gasteiger partial charge on any atom is 0.303 e. The fourth-order valence-electron chi connectivity index (χ4n) is 7.94. The molecule has 0 amide bonds. The fourth-order valence-corrected chi connectivity index (χ4v) is 7.94. The first-order chi connectivity index (χ1) is 29.3. The molecule has 6 nitrogen and oxygen atoms in total. The van der Waals surface area contributed by atoms with Crippen LogP contribution in [0.5, 0.6) is 0 Å². The standard InChI is InChI=1S/3C18H36O2.Mn/c3*1-2-3-4-5-6-7-8-9-10-11-12-13-14-15-16-17-18(19)20;/h3*2-17H2,1H3,(H,19,20);. The van der Waals surface area contributed by atoms with Gasteiger partial charge in [-0.15, -0.1) is 0 Å². The molecule has 0 heterocycles. The van der Waals surface area contributed by atoms with Gasteiger partial charge in [0.15, 0.2) is 0 Å². The van der Waals surface area contributed by atoms with Gasteiger partial charge in [0.2, 0.25) is 0 Å². The average molecular weight is 908 g/mol. The molecule has 0 atom stereocenters. The van der Waals surface area contributed by atoms with Gasteiger partial charge in [0.1, 0.15) is 0 Å². The maximum atomic E-state index is 10.3. The van der Waals surface area contributed by atoms with E-state index in [0.29, 0.717) is 19.3 Å². The smallest absolute Gasteiger partial charge is 0.303 e. The van der Waals surface area contributed by atoms with Crippen LogP contribution in [0.15, 0.2) is 0 Å². The zero-order valence-electron chi connectivity index (χ0n) is 41.4. The van der Waals surface area contributed by atoms with Gasteiger partial charge >= 0.3 is 17.9 Å². The molecule has 1 radical (unpaired) electrons. The molecule has 0 aliphatic heterocycles. The molecule has 0 aromatic heterocycles. The van der Waals surface area contributed by atoms with Gasteiger partial charge in [-0.05, 0) is 19.3 Å². The summed E-state index contributed by atoms with van der Waals surface area (Å²) in [5.74, 6) is -1.96. The Morgan fingerprint density at radius 3 is 0.410 bits per heavy atom.